The number of rotatable bonds is 4. The molecular weight excluding hydrogens is 314 g/mol. The van der Waals surface area contributed by atoms with E-state index in [1.165, 1.54) is 10.4 Å². The van der Waals surface area contributed by atoms with E-state index >= 15 is 0 Å². The lowest BCUT2D eigenvalue weighted by Crippen LogP contribution is -2.41. The number of carboxylic acids is 1. The van der Waals surface area contributed by atoms with Crippen molar-refractivity contribution in [3.05, 3.63) is 40.3 Å². The van der Waals surface area contributed by atoms with E-state index in [9.17, 15) is 13.2 Å². The summed E-state index contributed by atoms with van der Waals surface area (Å²) in [4.78, 5) is 11.0. The topological polar surface area (TPSA) is 74.7 Å². The number of hydrogen-bond donors (Lipinski definition) is 1. The Kier molecular flexibility index (Phi) is 5.03. The molecule has 21 heavy (non-hydrogen) atoms. The number of hydrogen-bond acceptors (Lipinski definition) is 3. The van der Waals surface area contributed by atoms with Crippen LogP contribution in [0.2, 0.25) is 5.02 Å². The van der Waals surface area contributed by atoms with E-state index in [1.807, 2.05) is 0 Å². The fourth-order valence-corrected chi connectivity index (χ4v) is 3.60. The first-order valence-corrected chi connectivity index (χ1v) is 8.43. The molecule has 1 aliphatic heterocycles. The second-order valence-corrected chi connectivity index (χ2v) is 7.19. The summed E-state index contributed by atoms with van der Waals surface area (Å²) in [5.74, 6) is -1.57. The average Bonchev–Trinajstić information content (AvgIpc) is 2.47. The Morgan fingerprint density at radius 2 is 2.00 bits per heavy atom. The number of nitrogens with zero attached hydrogens (tertiary/aromatic N) is 1. The van der Waals surface area contributed by atoms with Gasteiger partial charge in [-0.25, -0.2) is 8.42 Å². The van der Waals surface area contributed by atoms with Crippen LogP contribution in [0.5, 0.6) is 0 Å². The van der Waals surface area contributed by atoms with E-state index in [0.29, 0.717) is 24.4 Å². The summed E-state index contributed by atoms with van der Waals surface area (Å²) in [7, 11) is -3.60. The van der Waals surface area contributed by atoms with Gasteiger partial charge in [-0.2, -0.15) is 4.31 Å². The van der Waals surface area contributed by atoms with Gasteiger partial charge in [-0.3, -0.25) is 4.79 Å². The minimum atomic E-state index is -3.60. The second-order valence-electron chi connectivity index (χ2n) is 4.93. The van der Waals surface area contributed by atoms with Crippen LogP contribution < -0.4 is 0 Å². The van der Waals surface area contributed by atoms with Gasteiger partial charge in [-0.15, -0.1) is 0 Å². The molecule has 0 bridgehead atoms. The molecule has 1 aromatic rings. The Hall–Kier alpha value is -1.37. The maximum atomic E-state index is 12.2. The highest BCUT2D eigenvalue weighted by molar-refractivity contribution is 7.92. The smallest absolute Gasteiger partial charge is 0.307 e. The van der Waals surface area contributed by atoms with Crippen LogP contribution in [0.1, 0.15) is 18.4 Å². The van der Waals surface area contributed by atoms with Crippen molar-refractivity contribution >= 4 is 33.7 Å². The first-order valence-electron chi connectivity index (χ1n) is 6.55. The summed E-state index contributed by atoms with van der Waals surface area (Å²) in [5, 5.41) is 10.7. The predicted octanol–water partition coefficient (Wildman–Crippen LogP) is 2.44. The van der Waals surface area contributed by atoms with Crippen LogP contribution in [-0.4, -0.2) is 36.9 Å². The lowest BCUT2D eigenvalue weighted by atomic mass is 10.0. The summed E-state index contributed by atoms with van der Waals surface area (Å²) in [6.07, 6.45) is 2.56. The van der Waals surface area contributed by atoms with Crippen LogP contribution in [0.25, 0.3) is 6.08 Å². The third-order valence-corrected chi connectivity index (χ3v) is 5.18. The van der Waals surface area contributed by atoms with Gasteiger partial charge in [-0.1, -0.05) is 23.7 Å². The van der Waals surface area contributed by atoms with Gasteiger partial charge in [0.2, 0.25) is 10.0 Å². The number of benzene rings is 1. The molecule has 1 aliphatic rings. The zero-order chi connectivity index (χ0) is 15.5. The molecule has 1 fully saturated rings. The van der Waals surface area contributed by atoms with Gasteiger partial charge in [0.05, 0.1) is 5.92 Å². The van der Waals surface area contributed by atoms with Gasteiger partial charge < -0.3 is 5.11 Å². The molecule has 1 unspecified atom stereocenters. The highest BCUT2D eigenvalue weighted by Gasteiger charge is 2.30. The molecule has 0 spiro atoms. The summed E-state index contributed by atoms with van der Waals surface area (Å²) in [6.45, 7) is 0.389. The quantitative estimate of drug-likeness (QED) is 0.920. The predicted molar refractivity (Wildman–Crippen MR) is 81.3 cm³/mol. The standard InChI is InChI=1S/C14H16ClNO4S/c15-13-5-3-11(4-6-13)7-9-21(19,20)16-8-1-2-12(10-16)14(17)18/h3-7,9,12H,1-2,8,10H2,(H,17,18)/b9-7+. The SMILES string of the molecule is O=C(O)C1CCCN(S(=O)(=O)/C=C/c2ccc(Cl)cc2)C1. The van der Waals surface area contributed by atoms with Crippen molar-refractivity contribution in [3.63, 3.8) is 0 Å². The molecule has 0 amide bonds. The van der Waals surface area contributed by atoms with Crippen LogP contribution in [0.15, 0.2) is 29.7 Å². The average molecular weight is 330 g/mol. The Labute approximate surface area is 128 Å². The summed E-state index contributed by atoms with van der Waals surface area (Å²) in [5.41, 5.74) is 0.717. The molecule has 7 heteroatoms. The molecule has 5 nitrogen and oxygen atoms in total. The number of carboxylic acid groups (broad SMARTS) is 1. The van der Waals surface area contributed by atoms with Crippen molar-refractivity contribution in [1.29, 1.82) is 0 Å². The summed E-state index contributed by atoms with van der Waals surface area (Å²) in [6, 6.07) is 6.78. The van der Waals surface area contributed by atoms with E-state index in [0.717, 1.165) is 11.0 Å². The number of sulfonamides is 1. The Morgan fingerprint density at radius 3 is 2.62 bits per heavy atom. The molecule has 0 radical (unpaired) electrons. The van der Waals surface area contributed by atoms with Crippen molar-refractivity contribution < 1.29 is 18.3 Å². The molecule has 1 heterocycles. The van der Waals surface area contributed by atoms with E-state index in [2.05, 4.69) is 0 Å². The minimum Gasteiger partial charge on any atom is -0.481 e. The first kappa shape index (κ1) is 16.0. The van der Waals surface area contributed by atoms with Gasteiger partial charge in [0.25, 0.3) is 0 Å². The molecule has 1 aromatic carbocycles. The number of piperidine rings is 1. The van der Waals surface area contributed by atoms with Gasteiger partial charge in [0, 0.05) is 23.5 Å². The maximum absolute atomic E-state index is 12.2. The minimum absolute atomic E-state index is 0.0304. The number of halogens is 1. The Balaban J connectivity index is 2.10. The molecule has 0 saturated carbocycles. The lowest BCUT2D eigenvalue weighted by Gasteiger charge is -2.28. The fraction of sp³-hybridized carbons (Fsp3) is 0.357. The maximum Gasteiger partial charge on any atom is 0.307 e. The van der Waals surface area contributed by atoms with E-state index in [4.69, 9.17) is 16.7 Å². The largest absolute Gasteiger partial charge is 0.481 e. The number of carbonyl (C=O) groups is 1. The molecule has 1 atom stereocenters. The molecular formula is C14H16ClNO4S. The van der Waals surface area contributed by atoms with E-state index in [1.54, 1.807) is 24.3 Å². The zero-order valence-electron chi connectivity index (χ0n) is 11.3. The summed E-state index contributed by atoms with van der Waals surface area (Å²) < 4.78 is 25.7. The molecule has 0 aliphatic carbocycles. The Morgan fingerprint density at radius 1 is 1.33 bits per heavy atom. The van der Waals surface area contributed by atoms with Crippen LogP contribution in [0, 0.1) is 5.92 Å². The first-order chi connectivity index (χ1) is 9.88. The van der Waals surface area contributed by atoms with Crippen molar-refractivity contribution in [3.8, 4) is 0 Å². The van der Waals surface area contributed by atoms with Crippen molar-refractivity contribution in [2.75, 3.05) is 13.1 Å². The zero-order valence-corrected chi connectivity index (χ0v) is 12.8. The third-order valence-electron chi connectivity index (χ3n) is 3.40. The normalized spacial score (nSPS) is 20.7. The monoisotopic (exact) mass is 329 g/mol. The molecule has 1 saturated heterocycles. The highest BCUT2D eigenvalue weighted by atomic mass is 35.5. The third kappa shape index (κ3) is 4.30. The van der Waals surface area contributed by atoms with E-state index < -0.39 is 21.9 Å². The lowest BCUT2D eigenvalue weighted by molar-refractivity contribution is -0.142. The van der Waals surface area contributed by atoms with Crippen LogP contribution in [0.3, 0.4) is 0 Å². The molecule has 1 N–H and O–H groups in total. The molecule has 0 aromatic heterocycles. The van der Waals surface area contributed by atoms with E-state index in [-0.39, 0.29) is 6.54 Å². The fourth-order valence-electron chi connectivity index (χ4n) is 2.20. The number of aliphatic carboxylic acids is 1. The van der Waals surface area contributed by atoms with Gasteiger partial charge in [0.1, 0.15) is 0 Å². The highest BCUT2D eigenvalue weighted by Crippen LogP contribution is 2.21. The van der Waals surface area contributed by atoms with Crippen LogP contribution >= 0.6 is 11.6 Å². The van der Waals surface area contributed by atoms with Crippen molar-refractivity contribution in [1.82, 2.24) is 4.31 Å². The van der Waals surface area contributed by atoms with Crippen molar-refractivity contribution in [2.24, 2.45) is 5.92 Å². The Bertz CT molecular complexity index is 639. The van der Waals surface area contributed by atoms with Crippen LogP contribution in [0.4, 0.5) is 0 Å². The van der Waals surface area contributed by atoms with Gasteiger partial charge >= 0.3 is 5.97 Å². The molecule has 2 rings (SSSR count). The van der Waals surface area contributed by atoms with Gasteiger partial charge in [-0.05, 0) is 36.6 Å². The van der Waals surface area contributed by atoms with Crippen LogP contribution in [-0.2, 0) is 14.8 Å². The molecule has 114 valence electrons. The van der Waals surface area contributed by atoms with Gasteiger partial charge in [0.15, 0.2) is 0 Å². The summed E-state index contributed by atoms with van der Waals surface area (Å²) >= 11 is 5.76. The second kappa shape index (κ2) is 6.60. The van der Waals surface area contributed by atoms with Crippen molar-refractivity contribution in [2.45, 2.75) is 12.8 Å².